The SMILES string of the molecule is CCOCCN(C)c1nc2sccn2c1[N+](=O)[O-]. The van der Waals surface area contributed by atoms with E-state index in [1.165, 1.54) is 15.7 Å². The third-order valence-corrected chi connectivity index (χ3v) is 3.29. The van der Waals surface area contributed by atoms with E-state index in [9.17, 15) is 10.1 Å². The van der Waals surface area contributed by atoms with E-state index in [0.717, 1.165) is 0 Å². The highest BCUT2D eigenvalue weighted by molar-refractivity contribution is 7.15. The highest BCUT2D eigenvalue weighted by Gasteiger charge is 2.25. The fraction of sp³-hybridized carbons (Fsp3) is 0.500. The van der Waals surface area contributed by atoms with Crippen LogP contribution in [0.25, 0.3) is 4.96 Å². The second-order valence-electron chi connectivity index (χ2n) is 3.69. The first-order valence-electron chi connectivity index (χ1n) is 5.54. The largest absolute Gasteiger partial charge is 0.380 e. The molecule has 8 heteroatoms. The lowest BCUT2D eigenvalue weighted by Gasteiger charge is -2.15. The smallest absolute Gasteiger partial charge is 0.373 e. The van der Waals surface area contributed by atoms with Crippen LogP contribution in [0.4, 0.5) is 11.6 Å². The van der Waals surface area contributed by atoms with Crippen molar-refractivity contribution < 1.29 is 9.66 Å². The molecule has 98 valence electrons. The summed E-state index contributed by atoms with van der Waals surface area (Å²) in [5.41, 5.74) is 0. The van der Waals surface area contributed by atoms with Crippen molar-refractivity contribution >= 4 is 27.9 Å². The van der Waals surface area contributed by atoms with E-state index >= 15 is 0 Å². The number of rotatable bonds is 6. The molecule has 0 fully saturated rings. The molecule has 2 heterocycles. The van der Waals surface area contributed by atoms with E-state index in [1.54, 1.807) is 23.5 Å². The number of nitro groups is 1. The van der Waals surface area contributed by atoms with Gasteiger partial charge in [0, 0.05) is 25.6 Å². The summed E-state index contributed by atoms with van der Waals surface area (Å²) in [5, 5.41) is 12.9. The number of thiazole rings is 1. The quantitative estimate of drug-likeness (QED) is 0.454. The molecule has 0 saturated carbocycles. The fourth-order valence-corrected chi connectivity index (χ4v) is 2.34. The number of anilines is 1. The third-order valence-electron chi connectivity index (χ3n) is 2.53. The van der Waals surface area contributed by atoms with Crippen molar-refractivity contribution in [2.24, 2.45) is 0 Å². The van der Waals surface area contributed by atoms with Gasteiger partial charge in [-0.1, -0.05) is 11.3 Å². The molecule has 2 rings (SSSR count). The van der Waals surface area contributed by atoms with Gasteiger partial charge in [-0.2, -0.15) is 9.38 Å². The third kappa shape index (κ3) is 2.29. The normalized spacial score (nSPS) is 11.0. The molecule has 2 aromatic heterocycles. The van der Waals surface area contributed by atoms with Crippen molar-refractivity contribution in [1.82, 2.24) is 9.38 Å². The number of imidazole rings is 1. The zero-order chi connectivity index (χ0) is 13.1. The maximum atomic E-state index is 11.1. The zero-order valence-electron chi connectivity index (χ0n) is 10.2. The number of hydrogen-bond donors (Lipinski definition) is 0. The van der Waals surface area contributed by atoms with Crippen molar-refractivity contribution in [3.63, 3.8) is 0 Å². The number of fused-ring (bicyclic) bond motifs is 1. The van der Waals surface area contributed by atoms with E-state index in [1.807, 2.05) is 6.92 Å². The molecular formula is C10H14N4O3S. The second-order valence-corrected chi connectivity index (χ2v) is 4.56. The molecule has 7 nitrogen and oxygen atoms in total. The Bertz CT molecular complexity index is 550. The van der Waals surface area contributed by atoms with Crippen LogP contribution in [0.3, 0.4) is 0 Å². The minimum atomic E-state index is -0.404. The van der Waals surface area contributed by atoms with Gasteiger partial charge in [-0.25, -0.2) is 0 Å². The molecule has 0 amide bonds. The van der Waals surface area contributed by atoms with Crippen LogP contribution in [0.15, 0.2) is 11.6 Å². The highest BCUT2D eigenvalue weighted by atomic mass is 32.1. The molecule has 0 saturated heterocycles. The predicted octanol–water partition coefficient (Wildman–Crippen LogP) is 1.78. The number of nitrogens with zero attached hydrogens (tertiary/aromatic N) is 4. The summed E-state index contributed by atoms with van der Waals surface area (Å²) < 4.78 is 6.74. The summed E-state index contributed by atoms with van der Waals surface area (Å²) in [5.74, 6) is 0.386. The molecule has 0 N–H and O–H groups in total. The standard InChI is InChI=1S/C10H14N4O3S/c1-3-17-6-4-12(2)8-9(14(15)16)13-5-7-18-10(13)11-8/h5,7H,3-4,6H2,1-2H3. The summed E-state index contributed by atoms with van der Waals surface area (Å²) in [4.78, 5) is 17.4. The van der Waals surface area contributed by atoms with Gasteiger partial charge in [-0.05, 0) is 11.8 Å². The average molecular weight is 270 g/mol. The number of likely N-dealkylation sites (N-methyl/N-ethyl adjacent to an activating group) is 1. The van der Waals surface area contributed by atoms with Gasteiger partial charge in [-0.15, -0.1) is 0 Å². The lowest BCUT2D eigenvalue weighted by atomic mass is 10.5. The Kier molecular flexibility index (Phi) is 3.78. The number of ether oxygens (including phenoxy) is 1. The summed E-state index contributed by atoms with van der Waals surface area (Å²) in [6, 6.07) is 0. The summed E-state index contributed by atoms with van der Waals surface area (Å²) >= 11 is 1.37. The van der Waals surface area contributed by atoms with Crippen LogP contribution in [0.2, 0.25) is 0 Å². The minimum absolute atomic E-state index is 0.00486. The summed E-state index contributed by atoms with van der Waals surface area (Å²) in [6.45, 7) is 3.64. The predicted molar refractivity (Wildman–Crippen MR) is 69.5 cm³/mol. The monoisotopic (exact) mass is 270 g/mol. The van der Waals surface area contributed by atoms with Crippen LogP contribution in [-0.2, 0) is 4.74 Å². The first-order chi connectivity index (χ1) is 8.65. The molecule has 0 unspecified atom stereocenters. The molecule has 0 bridgehead atoms. The van der Waals surface area contributed by atoms with Gasteiger partial charge in [0.15, 0.2) is 0 Å². The minimum Gasteiger partial charge on any atom is -0.380 e. The first kappa shape index (κ1) is 12.8. The van der Waals surface area contributed by atoms with Gasteiger partial charge < -0.3 is 19.8 Å². The Morgan fingerprint density at radius 1 is 1.67 bits per heavy atom. The molecule has 0 aliphatic carbocycles. The zero-order valence-corrected chi connectivity index (χ0v) is 11.0. The van der Waals surface area contributed by atoms with Crippen molar-refractivity contribution in [2.75, 3.05) is 31.7 Å². The van der Waals surface area contributed by atoms with E-state index in [0.29, 0.717) is 30.5 Å². The van der Waals surface area contributed by atoms with Crippen LogP contribution in [0.5, 0.6) is 0 Å². The Morgan fingerprint density at radius 3 is 3.11 bits per heavy atom. The molecule has 0 aromatic carbocycles. The Labute approximate surface area is 108 Å². The number of aromatic nitrogens is 2. The van der Waals surface area contributed by atoms with Gasteiger partial charge in [0.2, 0.25) is 5.82 Å². The highest BCUT2D eigenvalue weighted by Crippen LogP contribution is 2.30. The Hall–Kier alpha value is -1.67. The second kappa shape index (κ2) is 5.32. The maximum absolute atomic E-state index is 11.1. The van der Waals surface area contributed by atoms with E-state index in [2.05, 4.69) is 4.98 Å². The van der Waals surface area contributed by atoms with Crippen LogP contribution < -0.4 is 4.90 Å². The van der Waals surface area contributed by atoms with Gasteiger partial charge in [0.1, 0.15) is 6.20 Å². The van der Waals surface area contributed by atoms with Crippen LogP contribution in [-0.4, -0.2) is 41.1 Å². The average Bonchev–Trinajstić information content (AvgIpc) is 2.87. The van der Waals surface area contributed by atoms with Crippen molar-refractivity contribution in [3.05, 3.63) is 21.7 Å². The van der Waals surface area contributed by atoms with Gasteiger partial charge >= 0.3 is 5.82 Å². The van der Waals surface area contributed by atoms with Crippen LogP contribution in [0.1, 0.15) is 6.92 Å². The molecule has 0 aliphatic heterocycles. The van der Waals surface area contributed by atoms with Crippen LogP contribution >= 0.6 is 11.3 Å². The molecule has 0 radical (unpaired) electrons. The van der Waals surface area contributed by atoms with Crippen molar-refractivity contribution in [3.8, 4) is 0 Å². The summed E-state index contributed by atoms with van der Waals surface area (Å²) in [6.07, 6.45) is 1.66. The van der Waals surface area contributed by atoms with E-state index < -0.39 is 4.92 Å². The Balaban J connectivity index is 2.28. The maximum Gasteiger partial charge on any atom is 0.373 e. The van der Waals surface area contributed by atoms with Gasteiger partial charge in [0.05, 0.1) is 6.61 Å². The van der Waals surface area contributed by atoms with E-state index in [-0.39, 0.29) is 5.82 Å². The van der Waals surface area contributed by atoms with E-state index in [4.69, 9.17) is 4.74 Å². The number of hydrogen-bond acceptors (Lipinski definition) is 6. The fourth-order valence-electron chi connectivity index (χ4n) is 1.64. The summed E-state index contributed by atoms with van der Waals surface area (Å²) in [7, 11) is 1.78. The molecular weight excluding hydrogens is 256 g/mol. The van der Waals surface area contributed by atoms with Crippen molar-refractivity contribution in [1.29, 1.82) is 0 Å². The molecule has 18 heavy (non-hydrogen) atoms. The van der Waals surface area contributed by atoms with Crippen LogP contribution in [0, 0.1) is 10.1 Å². The van der Waals surface area contributed by atoms with Gasteiger partial charge in [-0.3, -0.25) is 0 Å². The van der Waals surface area contributed by atoms with Crippen molar-refractivity contribution in [2.45, 2.75) is 6.92 Å². The molecule has 0 spiro atoms. The lowest BCUT2D eigenvalue weighted by Crippen LogP contribution is -2.23. The molecule has 0 aliphatic rings. The Morgan fingerprint density at radius 2 is 2.44 bits per heavy atom. The lowest BCUT2D eigenvalue weighted by molar-refractivity contribution is -0.389. The molecule has 0 atom stereocenters. The topological polar surface area (TPSA) is 72.9 Å². The molecule has 2 aromatic rings. The first-order valence-corrected chi connectivity index (χ1v) is 6.42. The van der Waals surface area contributed by atoms with Gasteiger partial charge in [0.25, 0.3) is 4.96 Å².